The number of nitrogens with zero attached hydrogens (tertiary/aromatic N) is 3. The molecule has 2 rings (SSSR count). The molecule has 1 aromatic heterocycles. The van der Waals surface area contributed by atoms with Gasteiger partial charge in [0.25, 0.3) is 0 Å². The van der Waals surface area contributed by atoms with Crippen LogP contribution in [0.4, 0.5) is 0 Å². The number of aromatic carboxylic acids is 1. The standard InChI is InChI=1S/C17H22N4O5/c1-3-4-7-26-14-6-5-12(8-15(14)25-2)9-18-16(22)11-21-10-13(17(23)24)19-20-21/h5-6,8,10H,3-4,7,9,11H2,1-2H3,(H,18,22)(H,23,24). The van der Waals surface area contributed by atoms with Crippen LogP contribution in [0.3, 0.4) is 0 Å². The van der Waals surface area contributed by atoms with Crippen LogP contribution in [0.2, 0.25) is 0 Å². The highest BCUT2D eigenvalue weighted by Gasteiger charge is 2.11. The van der Waals surface area contributed by atoms with Crippen LogP contribution in [0.15, 0.2) is 24.4 Å². The lowest BCUT2D eigenvalue weighted by atomic mass is 10.2. The van der Waals surface area contributed by atoms with E-state index in [1.807, 2.05) is 12.1 Å². The van der Waals surface area contributed by atoms with E-state index < -0.39 is 5.97 Å². The third kappa shape index (κ3) is 5.47. The van der Waals surface area contributed by atoms with Gasteiger partial charge in [0.15, 0.2) is 17.2 Å². The zero-order valence-corrected chi connectivity index (χ0v) is 14.8. The van der Waals surface area contributed by atoms with E-state index in [9.17, 15) is 9.59 Å². The molecular formula is C17H22N4O5. The minimum Gasteiger partial charge on any atom is -0.493 e. The summed E-state index contributed by atoms with van der Waals surface area (Å²) >= 11 is 0. The fraction of sp³-hybridized carbons (Fsp3) is 0.412. The van der Waals surface area contributed by atoms with E-state index >= 15 is 0 Å². The maximum absolute atomic E-state index is 12.0. The summed E-state index contributed by atoms with van der Waals surface area (Å²) in [5, 5.41) is 18.6. The van der Waals surface area contributed by atoms with Crippen LogP contribution in [0, 0.1) is 0 Å². The van der Waals surface area contributed by atoms with Gasteiger partial charge < -0.3 is 19.9 Å². The Labute approximate surface area is 150 Å². The second-order valence-corrected chi connectivity index (χ2v) is 5.57. The Balaban J connectivity index is 1.89. The van der Waals surface area contributed by atoms with Crippen LogP contribution < -0.4 is 14.8 Å². The molecule has 0 atom stereocenters. The monoisotopic (exact) mass is 362 g/mol. The van der Waals surface area contributed by atoms with Gasteiger partial charge in [-0.25, -0.2) is 9.48 Å². The Morgan fingerprint density at radius 1 is 1.31 bits per heavy atom. The molecule has 0 aliphatic rings. The number of carboxylic acids is 1. The van der Waals surface area contributed by atoms with Crippen molar-refractivity contribution in [3.05, 3.63) is 35.7 Å². The number of hydrogen-bond acceptors (Lipinski definition) is 6. The van der Waals surface area contributed by atoms with E-state index in [1.165, 1.54) is 10.9 Å². The van der Waals surface area contributed by atoms with Gasteiger partial charge in [-0.1, -0.05) is 24.6 Å². The minimum absolute atomic E-state index is 0.115. The second-order valence-electron chi connectivity index (χ2n) is 5.57. The number of aromatic nitrogens is 3. The quantitative estimate of drug-likeness (QED) is 0.615. The first-order chi connectivity index (χ1) is 12.5. The van der Waals surface area contributed by atoms with Crippen molar-refractivity contribution >= 4 is 11.9 Å². The third-order valence-electron chi connectivity index (χ3n) is 3.54. The number of rotatable bonds is 10. The number of ether oxygens (including phenoxy) is 2. The highest BCUT2D eigenvalue weighted by Crippen LogP contribution is 2.28. The average molecular weight is 362 g/mol. The van der Waals surface area contributed by atoms with E-state index in [1.54, 1.807) is 13.2 Å². The van der Waals surface area contributed by atoms with Crippen LogP contribution in [-0.2, 0) is 17.9 Å². The Hall–Kier alpha value is -3.10. The van der Waals surface area contributed by atoms with Crippen molar-refractivity contribution in [2.45, 2.75) is 32.9 Å². The maximum atomic E-state index is 12.0. The predicted octanol–water partition coefficient (Wildman–Crippen LogP) is 1.48. The van der Waals surface area contributed by atoms with Gasteiger partial charge in [0.1, 0.15) is 6.54 Å². The summed E-state index contributed by atoms with van der Waals surface area (Å²) in [6, 6.07) is 5.47. The number of nitrogens with one attached hydrogen (secondary N) is 1. The molecule has 0 radical (unpaired) electrons. The van der Waals surface area contributed by atoms with Gasteiger partial charge in [-0.05, 0) is 24.1 Å². The SMILES string of the molecule is CCCCOc1ccc(CNC(=O)Cn2cc(C(=O)O)nn2)cc1OC. The molecule has 26 heavy (non-hydrogen) atoms. The van der Waals surface area contributed by atoms with Crippen molar-refractivity contribution in [2.24, 2.45) is 0 Å². The molecule has 0 aliphatic carbocycles. The predicted molar refractivity (Wildman–Crippen MR) is 92.2 cm³/mol. The van der Waals surface area contributed by atoms with Crippen molar-refractivity contribution in [3.8, 4) is 11.5 Å². The van der Waals surface area contributed by atoms with Gasteiger partial charge in [-0.2, -0.15) is 0 Å². The van der Waals surface area contributed by atoms with Gasteiger partial charge in [-0.15, -0.1) is 5.10 Å². The summed E-state index contributed by atoms with van der Waals surface area (Å²) < 4.78 is 12.2. The number of unbranched alkanes of at least 4 members (excludes halogenated alkanes) is 1. The lowest BCUT2D eigenvalue weighted by molar-refractivity contribution is -0.122. The summed E-state index contributed by atoms with van der Waals surface area (Å²) in [5.41, 5.74) is 0.643. The molecule has 0 saturated carbocycles. The summed E-state index contributed by atoms with van der Waals surface area (Å²) in [5.74, 6) is -0.228. The zero-order chi connectivity index (χ0) is 18.9. The van der Waals surface area contributed by atoms with Crippen LogP contribution in [0.5, 0.6) is 11.5 Å². The van der Waals surface area contributed by atoms with Gasteiger partial charge in [0.05, 0.1) is 19.9 Å². The second kappa shape index (κ2) is 9.40. The van der Waals surface area contributed by atoms with Crippen molar-refractivity contribution in [3.63, 3.8) is 0 Å². The molecule has 0 bridgehead atoms. The Kier molecular flexibility index (Phi) is 6.95. The first-order valence-electron chi connectivity index (χ1n) is 8.23. The van der Waals surface area contributed by atoms with Crippen molar-refractivity contribution < 1.29 is 24.2 Å². The average Bonchev–Trinajstić information content (AvgIpc) is 3.09. The molecular weight excluding hydrogens is 340 g/mol. The van der Waals surface area contributed by atoms with E-state index in [4.69, 9.17) is 14.6 Å². The maximum Gasteiger partial charge on any atom is 0.358 e. The normalized spacial score (nSPS) is 10.4. The van der Waals surface area contributed by atoms with Crippen molar-refractivity contribution in [1.29, 1.82) is 0 Å². The van der Waals surface area contributed by atoms with Crippen molar-refractivity contribution in [1.82, 2.24) is 20.3 Å². The summed E-state index contributed by atoms with van der Waals surface area (Å²) in [6.07, 6.45) is 3.21. The third-order valence-corrected chi connectivity index (χ3v) is 3.54. The zero-order valence-electron chi connectivity index (χ0n) is 14.8. The number of carboxylic acid groups (broad SMARTS) is 1. The molecule has 2 aromatic rings. The summed E-state index contributed by atoms with van der Waals surface area (Å²) in [7, 11) is 1.56. The molecule has 1 heterocycles. The fourth-order valence-corrected chi connectivity index (χ4v) is 2.15. The number of carbonyl (C=O) groups excluding carboxylic acids is 1. The van der Waals surface area contributed by atoms with Crippen LogP contribution in [0.25, 0.3) is 0 Å². The smallest absolute Gasteiger partial charge is 0.358 e. The minimum atomic E-state index is -1.19. The van der Waals surface area contributed by atoms with E-state index in [0.717, 1.165) is 18.4 Å². The number of amides is 1. The van der Waals surface area contributed by atoms with Crippen LogP contribution >= 0.6 is 0 Å². The largest absolute Gasteiger partial charge is 0.493 e. The highest BCUT2D eigenvalue weighted by atomic mass is 16.5. The van der Waals surface area contributed by atoms with Gasteiger partial charge >= 0.3 is 5.97 Å². The lowest BCUT2D eigenvalue weighted by Gasteiger charge is -2.12. The van der Waals surface area contributed by atoms with Gasteiger partial charge in [0, 0.05) is 6.54 Å². The Bertz CT molecular complexity index is 759. The molecule has 140 valence electrons. The number of methoxy groups -OCH3 is 1. The van der Waals surface area contributed by atoms with E-state index in [0.29, 0.717) is 24.7 Å². The number of hydrogen-bond donors (Lipinski definition) is 2. The van der Waals surface area contributed by atoms with E-state index in [-0.39, 0.29) is 18.1 Å². The topological polar surface area (TPSA) is 116 Å². The molecule has 9 heteroatoms. The molecule has 0 spiro atoms. The number of benzene rings is 1. The highest BCUT2D eigenvalue weighted by molar-refractivity contribution is 5.84. The Morgan fingerprint density at radius 2 is 2.12 bits per heavy atom. The molecule has 0 fully saturated rings. The van der Waals surface area contributed by atoms with Gasteiger partial charge in [-0.3, -0.25) is 4.79 Å². The Morgan fingerprint density at radius 3 is 2.77 bits per heavy atom. The summed E-state index contributed by atoms with van der Waals surface area (Å²) in [6.45, 7) is 2.90. The van der Waals surface area contributed by atoms with Crippen molar-refractivity contribution in [2.75, 3.05) is 13.7 Å². The molecule has 1 amide bonds. The van der Waals surface area contributed by atoms with Crippen LogP contribution in [-0.4, -0.2) is 45.7 Å². The molecule has 9 nitrogen and oxygen atoms in total. The van der Waals surface area contributed by atoms with E-state index in [2.05, 4.69) is 22.6 Å². The van der Waals surface area contributed by atoms with Crippen LogP contribution in [0.1, 0.15) is 35.8 Å². The van der Waals surface area contributed by atoms with Gasteiger partial charge in [0.2, 0.25) is 5.91 Å². The lowest BCUT2D eigenvalue weighted by Crippen LogP contribution is -2.27. The number of carbonyl (C=O) groups is 2. The molecule has 1 aromatic carbocycles. The first-order valence-corrected chi connectivity index (χ1v) is 8.23. The first kappa shape index (κ1) is 19.2. The molecule has 0 aliphatic heterocycles. The molecule has 2 N–H and O–H groups in total. The molecule has 0 saturated heterocycles. The molecule has 0 unspecified atom stereocenters. The fourth-order valence-electron chi connectivity index (χ4n) is 2.15. The summed E-state index contributed by atoms with van der Waals surface area (Å²) in [4.78, 5) is 22.7.